The molecule has 0 saturated heterocycles. The lowest BCUT2D eigenvalue weighted by molar-refractivity contribution is 0.339. The van der Waals surface area contributed by atoms with Gasteiger partial charge in [-0.05, 0) is 44.1 Å². The van der Waals surface area contributed by atoms with E-state index in [0.717, 1.165) is 18.0 Å². The number of hydrogen-bond donors (Lipinski definition) is 0. The van der Waals surface area contributed by atoms with Crippen molar-refractivity contribution < 1.29 is 0 Å². The molecule has 1 aromatic rings. The zero-order valence-electron chi connectivity index (χ0n) is 8.96. The van der Waals surface area contributed by atoms with Crippen LogP contribution in [0.15, 0.2) is 24.3 Å². The molecule has 0 heterocycles. The van der Waals surface area contributed by atoms with E-state index in [1.807, 2.05) is 12.1 Å². The largest absolute Gasteiger partial charge is 0.306 e. The van der Waals surface area contributed by atoms with Crippen LogP contribution in [0.3, 0.4) is 0 Å². The first-order valence-corrected chi connectivity index (χ1v) is 5.53. The molecule has 78 valence electrons. The molecule has 0 amide bonds. The second-order valence-corrected chi connectivity index (χ2v) is 4.12. The minimum Gasteiger partial charge on any atom is -0.306 e. The zero-order chi connectivity index (χ0) is 10.4. The van der Waals surface area contributed by atoms with Crippen molar-refractivity contribution in [3.63, 3.8) is 0 Å². The molecular weight excluding hydrogens is 194 g/mol. The van der Waals surface area contributed by atoms with E-state index >= 15 is 0 Å². The van der Waals surface area contributed by atoms with Gasteiger partial charge in [0.25, 0.3) is 0 Å². The average molecular weight is 212 g/mol. The van der Waals surface area contributed by atoms with Crippen LogP contribution in [0.1, 0.15) is 18.9 Å². The predicted octanol–water partition coefficient (Wildman–Crippen LogP) is 3.22. The first-order valence-electron chi connectivity index (χ1n) is 5.15. The standard InChI is InChI=1S/C12H18ClN/c1-3-9-14(2)10-8-11-4-6-12(13)7-5-11/h4-7H,3,8-10H2,1-2H3. The molecule has 2 heteroatoms. The normalized spacial score (nSPS) is 10.9. The van der Waals surface area contributed by atoms with Crippen molar-refractivity contribution in [3.8, 4) is 0 Å². The molecule has 0 unspecified atom stereocenters. The van der Waals surface area contributed by atoms with Gasteiger partial charge in [0.2, 0.25) is 0 Å². The van der Waals surface area contributed by atoms with Gasteiger partial charge in [-0.15, -0.1) is 0 Å². The zero-order valence-corrected chi connectivity index (χ0v) is 9.72. The van der Waals surface area contributed by atoms with Crippen LogP contribution in [-0.2, 0) is 6.42 Å². The molecule has 0 radical (unpaired) electrons. The second kappa shape index (κ2) is 6.05. The van der Waals surface area contributed by atoms with Crippen molar-refractivity contribution >= 4 is 11.6 Å². The summed E-state index contributed by atoms with van der Waals surface area (Å²) in [7, 11) is 2.17. The van der Waals surface area contributed by atoms with Crippen LogP contribution in [0, 0.1) is 0 Å². The summed E-state index contributed by atoms with van der Waals surface area (Å²) in [4.78, 5) is 2.36. The van der Waals surface area contributed by atoms with Crippen molar-refractivity contribution in [1.29, 1.82) is 0 Å². The first-order chi connectivity index (χ1) is 6.72. The van der Waals surface area contributed by atoms with Crippen LogP contribution in [0.25, 0.3) is 0 Å². The van der Waals surface area contributed by atoms with Gasteiger partial charge in [-0.3, -0.25) is 0 Å². The third-order valence-corrected chi connectivity index (χ3v) is 2.55. The van der Waals surface area contributed by atoms with Crippen LogP contribution in [0.4, 0.5) is 0 Å². The van der Waals surface area contributed by atoms with Gasteiger partial charge in [-0.1, -0.05) is 30.7 Å². The summed E-state index contributed by atoms with van der Waals surface area (Å²) in [6.45, 7) is 4.50. The van der Waals surface area contributed by atoms with Gasteiger partial charge >= 0.3 is 0 Å². The molecule has 1 aromatic carbocycles. The topological polar surface area (TPSA) is 3.24 Å². The number of likely N-dealkylation sites (N-methyl/N-ethyl adjacent to an activating group) is 1. The van der Waals surface area contributed by atoms with E-state index in [0.29, 0.717) is 0 Å². The molecule has 14 heavy (non-hydrogen) atoms. The molecule has 0 bridgehead atoms. The maximum atomic E-state index is 5.81. The molecule has 0 fully saturated rings. The summed E-state index contributed by atoms with van der Waals surface area (Å²) in [5.74, 6) is 0. The predicted molar refractivity (Wildman–Crippen MR) is 62.9 cm³/mol. The van der Waals surface area contributed by atoms with Crippen LogP contribution < -0.4 is 0 Å². The van der Waals surface area contributed by atoms with Crippen LogP contribution in [-0.4, -0.2) is 25.0 Å². The van der Waals surface area contributed by atoms with E-state index in [2.05, 4.69) is 31.0 Å². The Balaban J connectivity index is 2.34. The summed E-state index contributed by atoms with van der Waals surface area (Å²) in [6.07, 6.45) is 2.32. The van der Waals surface area contributed by atoms with E-state index in [-0.39, 0.29) is 0 Å². The van der Waals surface area contributed by atoms with Crippen molar-refractivity contribution in [2.75, 3.05) is 20.1 Å². The molecule has 0 aliphatic rings. The van der Waals surface area contributed by atoms with Gasteiger partial charge in [0.15, 0.2) is 0 Å². The van der Waals surface area contributed by atoms with Gasteiger partial charge in [-0.25, -0.2) is 0 Å². The average Bonchev–Trinajstić information content (AvgIpc) is 2.17. The Morgan fingerprint density at radius 2 is 1.79 bits per heavy atom. The highest BCUT2D eigenvalue weighted by Gasteiger charge is 1.97. The van der Waals surface area contributed by atoms with E-state index in [4.69, 9.17) is 11.6 Å². The van der Waals surface area contributed by atoms with Crippen molar-refractivity contribution in [2.24, 2.45) is 0 Å². The molecule has 0 saturated carbocycles. The number of nitrogens with zero attached hydrogens (tertiary/aromatic N) is 1. The van der Waals surface area contributed by atoms with Gasteiger partial charge in [0.05, 0.1) is 0 Å². The minimum absolute atomic E-state index is 0.815. The van der Waals surface area contributed by atoms with Gasteiger partial charge in [0, 0.05) is 11.6 Å². The van der Waals surface area contributed by atoms with Crippen molar-refractivity contribution in [1.82, 2.24) is 4.90 Å². The third-order valence-electron chi connectivity index (χ3n) is 2.30. The molecule has 0 aliphatic carbocycles. The maximum absolute atomic E-state index is 5.81. The smallest absolute Gasteiger partial charge is 0.0406 e. The number of rotatable bonds is 5. The number of halogens is 1. The molecule has 0 aromatic heterocycles. The molecule has 1 rings (SSSR count). The van der Waals surface area contributed by atoms with Gasteiger partial charge < -0.3 is 4.90 Å². The Hall–Kier alpha value is -0.530. The summed E-state index contributed by atoms with van der Waals surface area (Å²) in [6, 6.07) is 8.11. The Bertz CT molecular complexity index is 256. The monoisotopic (exact) mass is 211 g/mol. The van der Waals surface area contributed by atoms with Crippen molar-refractivity contribution in [2.45, 2.75) is 19.8 Å². The number of benzene rings is 1. The highest BCUT2D eigenvalue weighted by Crippen LogP contribution is 2.10. The number of hydrogen-bond acceptors (Lipinski definition) is 1. The van der Waals surface area contributed by atoms with Crippen molar-refractivity contribution in [3.05, 3.63) is 34.9 Å². The van der Waals surface area contributed by atoms with Gasteiger partial charge in [0.1, 0.15) is 0 Å². The van der Waals surface area contributed by atoms with Crippen LogP contribution >= 0.6 is 11.6 Å². The molecule has 0 aliphatic heterocycles. The van der Waals surface area contributed by atoms with E-state index in [9.17, 15) is 0 Å². The SMILES string of the molecule is CCCN(C)CCc1ccc(Cl)cc1. The lowest BCUT2D eigenvalue weighted by atomic mass is 10.1. The quantitative estimate of drug-likeness (QED) is 0.723. The maximum Gasteiger partial charge on any atom is 0.0406 e. The molecule has 0 spiro atoms. The fourth-order valence-corrected chi connectivity index (χ4v) is 1.59. The fraction of sp³-hybridized carbons (Fsp3) is 0.500. The van der Waals surface area contributed by atoms with E-state index < -0.39 is 0 Å². The summed E-state index contributed by atoms with van der Waals surface area (Å²) in [5, 5.41) is 0.815. The summed E-state index contributed by atoms with van der Waals surface area (Å²) >= 11 is 5.81. The Kier molecular flexibility index (Phi) is 4.99. The highest BCUT2D eigenvalue weighted by atomic mass is 35.5. The Labute approximate surface area is 91.7 Å². The fourth-order valence-electron chi connectivity index (χ4n) is 1.46. The molecule has 0 atom stereocenters. The summed E-state index contributed by atoms with van der Waals surface area (Å²) in [5.41, 5.74) is 1.36. The van der Waals surface area contributed by atoms with E-state index in [1.54, 1.807) is 0 Å². The van der Waals surface area contributed by atoms with E-state index in [1.165, 1.54) is 18.5 Å². The third kappa shape index (κ3) is 4.12. The Morgan fingerprint density at radius 1 is 1.14 bits per heavy atom. The lowest BCUT2D eigenvalue weighted by Crippen LogP contribution is -2.21. The highest BCUT2D eigenvalue weighted by molar-refractivity contribution is 6.30. The van der Waals surface area contributed by atoms with Crippen LogP contribution in [0.5, 0.6) is 0 Å². The molecule has 1 nitrogen and oxygen atoms in total. The molecule has 0 N–H and O–H groups in total. The summed E-state index contributed by atoms with van der Waals surface area (Å²) < 4.78 is 0. The lowest BCUT2D eigenvalue weighted by Gasteiger charge is -2.14. The Morgan fingerprint density at radius 3 is 2.36 bits per heavy atom. The van der Waals surface area contributed by atoms with Crippen LogP contribution in [0.2, 0.25) is 5.02 Å². The van der Waals surface area contributed by atoms with Gasteiger partial charge in [-0.2, -0.15) is 0 Å². The first kappa shape index (κ1) is 11.5. The molecular formula is C12H18ClN. The second-order valence-electron chi connectivity index (χ2n) is 3.68. The minimum atomic E-state index is 0.815.